The van der Waals surface area contributed by atoms with Crippen LogP contribution in [0.1, 0.15) is 43.0 Å². The Kier molecular flexibility index (Phi) is 4.13. The van der Waals surface area contributed by atoms with Crippen molar-refractivity contribution in [3.63, 3.8) is 0 Å². The number of halogens is 1. The summed E-state index contributed by atoms with van der Waals surface area (Å²) in [6.07, 6.45) is 7.28. The van der Waals surface area contributed by atoms with E-state index in [0.29, 0.717) is 5.28 Å². The molecule has 0 spiro atoms. The van der Waals surface area contributed by atoms with Crippen molar-refractivity contribution >= 4 is 39.0 Å². The summed E-state index contributed by atoms with van der Waals surface area (Å²) in [6.45, 7) is 3.23. The maximum atomic E-state index is 6.12. The van der Waals surface area contributed by atoms with E-state index < -0.39 is 0 Å². The second kappa shape index (κ2) is 5.86. The highest BCUT2D eigenvalue weighted by atomic mass is 35.5. The van der Waals surface area contributed by atoms with Crippen LogP contribution in [-0.2, 0) is 12.8 Å². The summed E-state index contributed by atoms with van der Waals surface area (Å²) in [5.74, 6) is 1.02. The number of aryl methyl sites for hydroxylation is 2. The Bertz CT molecular complexity index is 623. The third-order valence-corrected chi connectivity index (χ3v) is 5.33. The van der Waals surface area contributed by atoms with Crippen LogP contribution in [0.15, 0.2) is 0 Å². The summed E-state index contributed by atoms with van der Waals surface area (Å²) in [6, 6.07) is 0. The van der Waals surface area contributed by atoms with Crippen molar-refractivity contribution in [3.05, 3.63) is 15.7 Å². The van der Waals surface area contributed by atoms with Gasteiger partial charge in [0.05, 0.1) is 5.39 Å². The summed E-state index contributed by atoms with van der Waals surface area (Å²) < 4.78 is 0. The fourth-order valence-corrected chi connectivity index (χ4v) is 4.36. The molecule has 5 heteroatoms. The van der Waals surface area contributed by atoms with Crippen LogP contribution in [0, 0.1) is 0 Å². The standard InChI is InChI=1S/C15H20ClN3S/c1-3-4-9-19(2)13-12-10-7-5-6-8-11(10)20-14(12)18-15(16)17-13/h3-9H2,1-2H3. The van der Waals surface area contributed by atoms with Crippen molar-refractivity contribution in [1.29, 1.82) is 0 Å². The van der Waals surface area contributed by atoms with Gasteiger partial charge in [-0.25, -0.2) is 4.98 Å². The largest absolute Gasteiger partial charge is 0.359 e. The van der Waals surface area contributed by atoms with Gasteiger partial charge in [-0.3, -0.25) is 0 Å². The number of hydrogen-bond acceptors (Lipinski definition) is 4. The first kappa shape index (κ1) is 14.1. The van der Waals surface area contributed by atoms with Gasteiger partial charge >= 0.3 is 0 Å². The van der Waals surface area contributed by atoms with E-state index >= 15 is 0 Å². The molecule has 0 N–H and O–H groups in total. The van der Waals surface area contributed by atoms with Crippen molar-refractivity contribution in [1.82, 2.24) is 9.97 Å². The van der Waals surface area contributed by atoms with Crippen LogP contribution in [0.2, 0.25) is 5.28 Å². The average Bonchev–Trinajstić information content (AvgIpc) is 2.81. The number of aromatic nitrogens is 2. The molecule has 108 valence electrons. The number of hydrogen-bond donors (Lipinski definition) is 0. The Morgan fingerprint density at radius 3 is 2.85 bits per heavy atom. The van der Waals surface area contributed by atoms with E-state index in [4.69, 9.17) is 11.6 Å². The van der Waals surface area contributed by atoms with E-state index in [1.165, 1.54) is 47.9 Å². The van der Waals surface area contributed by atoms with Crippen LogP contribution >= 0.6 is 22.9 Å². The molecule has 0 saturated carbocycles. The SMILES string of the molecule is CCCCN(C)c1nc(Cl)nc2sc3c(c12)CCCC3. The molecule has 0 atom stereocenters. The Hall–Kier alpha value is -0.870. The summed E-state index contributed by atoms with van der Waals surface area (Å²) in [5.41, 5.74) is 1.48. The Morgan fingerprint density at radius 1 is 1.25 bits per heavy atom. The van der Waals surface area contributed by atoms with E-state index in [9.17, 15) is 0 Å². The van der Waals surface area contributed by atoms with Gasteiger partial charge in [0.15, 0.2) is 0 Å². The van der Waals surface area contributed by atoms with Gasteiger partial charge in [-0.15, -0.1) is 11.3 Å². The lowest BCUT2D eigenvalue weighted by Gasteiger charge is -2.20. The lowest BCUT2D eigenvalue weighted by atomic mass is 9.97. The highest BCUT2D eigenvalue weighted by Gasteiger charge is 2.22. The van der Waals surface area contributed by atoms with Gasteiger partial charge in [-0.2, -0.15) is 4.98 Å². The van der Waals surface area contributed by atoms with E-state index in [1.807, 2.05) is 11.3 Å². The topological polar surface area (TPSA) is 29.0 Å². The van der Waals surface area contributed by atoms with Gasteiger partial charge in [0.1, 0.15) is 10.6 Å². The van der Waals surface area contributed by atoms with Gasteiger partial charge in [0.2, 0.25) is 5.28 Å². The lowest BCUT2D eigenvalue weighted by molar-refractivity contribution is 0.699. The molecule has 0 fully saturated rings. The van der Waals surface area contributed by atoms with Gasteiger partial charge in [-0.1, -0.05) is 13.3 Å². The first-order chi connectivity index (χ1) is 9.70. The quantitative estimate of drug-likeness (QED) is 0.781. The molecular weight excluding hydrogens is 290 g/mol. The minimum Gasteiger partial charge on any atom is -0.359 e. The number of fused-ring (bicyclic) bond motifs is 3. The molecule has 0 aromatic carbocycles. The molecule has 3 nitrogen and oxygen atoms in total. The first-order valence-electron chi connectivity index (χ1n) is 7.39. The molecule has 1 aliphatic carbocycles. The van der Waals surface area contributed by atoms with Gasteiger partial charge in [0, 0.05) is 18.5 Å². The lowest BCUT2D eigenvalue weighted by Crippen LogP contribution is -2.20. The minimum atomic E-state index is 0.370. The smallest absolute Gasteiger partial charge is 0.225 e. The van der Waals surface area contributed by atoms with Gasteiger partial charge in [-0.05, 0) is 49.3 Å². The summed E-state index contributed by atoms with van der Waals surface area (Å²) in [7, 11) is 2.11. The van der Waals surface area contributed by atoms with Crippen LogP contribution in [-0.4, -0.2) is 23.6 Å². The number of nitrogens with zero attached hydrogens (tertiary/aromatic N) is 3. The zero-order valence-electron chi connectivity index (χ0n) is 12.1. The zero-order chi connectivity index (χ0) is 14.1. The molecule has 0 saturated heterocycles. The maximum absolute atomic E-state index is 6.12. The van der Waals surface area contributed by atoms with Crippen molar-refractivity contribution in [2.45, 2.75) is 45.4 Å². The molecule has 0 amide bonds. The molecule has 2 aromatic heterocycles. The van der Waals surface area contributed by atoms with E-state index in [2.05, 4.69) is 28.8 Å². The second-order valence-corrected chi connectivity index (χ2v) is 6.90. The predicted octanol–water partition coefficient (Wildman–Crippen LogP) is 4.46. The van der Waals surface area contributed by atoms with Crippen LogP contribution in [0.25, 0.3) is 10.2 Å². The third kappa shape index (κ3) is 2.51. The van der Waals surface area contributed by atoms with E-state index in [-0.39, 0.29) is 0 Å². The highest BCUT2D eigenvalue weighted by Crippen LogP contribution is 2.39. The number of anilines is 1. The molecule has 20 heavy (non-hydrogen) atoms. The fourth-order valence-electron chi connectivity index (χ4n) is 2.89. The summed E-state index contributed by atoms with van der Waals surface area (Å²) >= 11 is 7.93. The third-order valence-electron chi connectivity index (χ3n) is 3.98. The summed E-state index contributed by atoms with van der Waals surface area (Å²) in [4.78, 5) is 13.8. The molecule has 0 bridgehead atoms. The fraction of sp³-hybridized carbons (Fsp3) is 0.600. The van der Waals surface area contributed by atoms with E-state index in [0.717, 1.165) is 23.6 Å². The van der Waals surface area contributed by atoms with Crippen molar-refractivity contribution in [3.8, 4) is 0 Å². The van der Waals surface area contributed by atoms with Gasteiger partial charge < -0.3 is 4.90 Å². The highest BCUT2D eigenvalue weighted by molar-refractivity contribution is 7.19. The van der Waals surface area contributed by atoms with Crippen LogP contribution < -0.4 is 4.90 Å². The first-order valence-corrected chi connectivity index (χ1v) is 8.59. The minimum absolute atomic E-state index is 0.370. The van der Waals surface area contributed by atoms with Crippen molar-refractivity contribution in [2.75, 3.05) is 18.5 Å². The summed E-state index contributed by atoms with van der Waals surface area (Å²) in [5, 5.41) is 1.63. The molecule has 2 aromatic rings. The molecule has 0 radical (unpaired) electrons. The Balaban J connectivity index is 2.11. The van der Waals surface area contributed by atoms with Crippen LogP contribution in [0.3, 0.4) is 0 Å². The van der Waals surface area contributed by atoms with Crippen LogP contribution in [0.5, 0.6) is 0 Å². The van der Waals surface area contributed by atoms with Crippen molar-refractivity contribution in [2.24, 2.45) is 0 Å². The average molecular weight is 310 g/mol. The number of rotatable bonds is 4. The molecular formula is C15H20ClN3S. The zero-order valence-corrected chi connectivity index (χ0v) is 13.7. The molecule has 2 heterocycles. The molecule has 1 aliphatic rings. The number of unbranched alkanes of at least 4 members (excludes halogenated alkanes) is 1. The Labute approximate surface area is 129 Å². The molecule has 3 rings (SSSR count). The monoisotopic (exact) mass is 309 g/mol. The Morgan fingerprint density at radius 2 is 2.05 bits per heavy atom. The normalized spacial score (nSPS) is 14.6. The van der Waals surface area contributed by atoms with Gasteiger partial charge in [0.25, 0.3) is 0 Å². The van der Waals surface area contributed by atoms with Crippen molar-refractivity contribution < 1.29 is 0 Å². The maximum Gasteiger partial charge on any atom is 0.225 e. The molecule has 0 aliphatic heterocycles. The predicted molar refractivity (Wildman–Crippen MR) is 87.2 cm³/mol. The second-order valence-electron chi connectivity index (χ2n) is 5.48. The van der Waals surface area contributed by atoms with E-state index in [1.54, 1.807) is 0 Å². The molecule has 0 unspecified atom stereocenters. The number of thiophene rings is 1. The van der Waals surface area contributed by atoms with Crippen LogP contribution in [0.4, 0.5) is 5.82 Å².